The lowest BCUT2D eigenvalue weighted by Gasteiger charge is -2.28. The molecule has 0 aliphatic rings. The first kappa shape index (κ1) is 16.4. The van der Waals surface area contributed by atoms with Crippen LogP contribution in [0, 0.1) is 6.92 Å². The van der Waals surface area contributed by atoms with Crippen LogP contribution in [0.2, 0.25) is 0 Å². The number of nitrogens with one attached hydrogen (secondary N) is 1. The number of amides is 2. The summed E-state index contributed by atoms with van der Waals surface area (Å²) in [7, 11) is 1.69. The average Bonchev–Trinajstić information content (AvgIpc) is 2.71. The molecule has 0 saturated heterocycles. The molecule has 1 aromatic heterocycles. The minimum Gasteiger partial charge on any atom is -0.481 e. The van der Waals surface area contributed by atoms with Crippen molar-refractivity contribution in [2.24, 2.45) is 0 Å². The van der Waals surface area contributed by atoms with E-state index in [0.717, 1.165) is 10.7 Å². The maximum atomic E-state index is 12.1. The Labute approximate surface area is 122 Å². The molecule has 2 N–H and O–H groups in total. The summed E-state index contributed by atoms with van der Waals surface area (Å²) >= 11 is 1.55. The van der Waals surface area contributed by atoms with Gasteiger partial charge in [-0.25, -0.2) is 9.78 Å². The summed E-state index contributed by atoms with van der Waals surface area (Å²) in [5.74, 6) is -0.862. The monoisotopic (exact) mass is 299 g/mol. The van der Waals surface area contributed by atoms with E-state index in [-0.39, 0.29) is 12.5 Å². The smallest absolute Gasteiger partial charge is 0.317 e. The lowest BCUT2D eigenvalue weighted by atomic mass is 9.99. The van der Waals surface area contributed by atoms with Crippen LogP contribution in [0.25, 0.3) is 0 Å². The zero-order valence-electron chi connectivity index (χ0n) is 12.3. The first-order chi connectivity index (χ1) is 9.19. The third kappa shape index (κ3) is 5.56. The molecule has 112 valence electrons. The molecule has 7 heteroatoms. The summed E-state index contributed by atoms with van der Waals surface area (Å²) in [5, 5.41) is 14.4. The fourth-order valence-electron chi connectivity index (χ4n) is 1.66. The van der Waals surface area contributed by atoms with Crippen LogP contribution in [0.5, 0.6) is 0 Å². The van der Waals surface area contributed by atoms with Crippen molar-refractivity contribution in [2.75, 3.05) is 7.05 Å². The van der Waals surface area contributed by atoms with E-state index in [1.807, 2.05) is 26.2 Å². The van der Waals surface area contributed by atoms with Gasteiger partial charge in [-0.05, 0) is 27.2 Å². The minimum atomic E-state index is -0.862. The Morgan fingerprint density at radius 1 is 1.50 bits per heavy atom. The summed E-state index contributed by atoms with van der Waals surface area (Å²) in [6.07, 6.45) is 0.417. The Morgan fingerprint density at radius 3 is 2.65 bits per heavy atom. The zero-order valence-corrected chi connectivity index (χ0v) is 13.1. The number of aromatic nitrogens is 1. The van der Waals surface area contributed by atoms with Crippen molar-refractivity contribution in [3.63, 3.8) is 0 Å². The predicted molar refractivity (Wildman–Crippen MR) is 77.8 cm³/mol. The van der Waals surface area contributed by atoms with E-state index in [2.05, 4.69) is 10.3 Å². The van der Waals surface area contributed by atoms with Gasteiger partial charge in [0.15, 0.2) is 0 Å². The lowest BCUT2D eigenvalue weighted by Crippen LogP contribution is -2.48. The van der Waals surface area contributed by atoms with Crippen LogP contribution in [0.3, 0.4) is 0 Å². The Hall–Kier alpha value is -1.63. The number of nitrogens with zero attached hydrogens (tertiary/aromatic N) is 2. The summed E-state index contributed by atoms with van der Waals surface area (Å²) in [6.45, 7) is 5.98. The molecule has 0 aliphatic heterocycles. The molecule has 1 heterocycles. The summed E-state index contributed by atoms with van der Waals surface area (Å²) < 4.78 is 0. The highest BCUT2D eigenvalue weighted by molar-refractivity contribution is 7.09. The van der Waals surface area contributed by atoms with Crippen LogP contribution in [0.1, 0.15) is 37.4 Å². The Bertz CT molecular complexity index is 485. The van der Waals surface area contributed by atoms with E-state index in [4.69, 9.17) is 5.11 Å². The van der Waals surface area contributed by atoms with Crippen LogP contribution in [0.15, 0.2) is 5.38 Å². The van der Waals surface area contributed by atoms with Gasteiger partial charge in [-0.3, -0.25) is 4.79 Å². The van der Waals surface area contributed by atoms with Crippen LogP contribution < -0.4 is 5.32 Å². The number of hydrogen-bond acceptors (Lipinski definition) is 4. The molecule has 0 bridgehead atoms. The van der Waals surface area contributed by atoms with Gasteiger partial charge in [0.2, 0.25) is 0 Å². The average molecular weight is 299 g/mol. The number of thiazole rings is 1. The van der Waals surface area contributed by atoms with Gasteiger partial charge in [-0.15, -0.1) is 11.3 Å². The second-order valence-corrected chi connectivity index (χ2v) is 6.48. The number of carboxylic acid groups (broad SMARTS) is 1. The predicted octanol–water partition coefficient (Wildman–Crippen LogP) is 2.24. The van der Waals surface area contributed by atoms with E-state index in [9.17, 15) is 9.59 Å². The van der Waals surface area contributed by atoms with Crippen molar-refractivity contribution < 1.29 is 14.7 Å². The fraction of sp³-hybridized carbons (Fsp3) is 0.615. The quantitative estimate of drug-likeness (QED) is 0.844. The van der Waals surface area contributed by atoms with Gasteiger partial charge in [0.25, 0.3) is 0 Å². The highest BCUT2D eigenvalue weighted by Crippen LogP contribution is 2.13. The third-order valence-corrected chi connectivity index (χ3v) is 3.64. The van der Waals surface area contributed by atoms with Crippen molar-refractivity contribution >= 4 is 23.3 Å². The molecular weight excluding hydrogens is 278 g/mol. The number of carboxylic acids is 1. The van der Waals surface area contributed by atoms with Gasteiger partial charge >= 0.3 is 12.0 Å². The van der Waals surface area contributed by atoms with E-state index < -0.39 is 11.5 Å². The molecule has 0 aliphatic carbocycles. The van der Waals surface area contributed by atoms with Gasteiger partial charge in [-0.1, -0.05) is 0 Å². The Kier molecular flexibility index (Phi) is 5.50. The SMILES string of the molecule is Cc1nc(CN(C)C(=O)NC(C)(C)CCC(=O)O)cs1. The number of carbonyl (C=O) groups is 2. The highest BCUT2D eigenvalue weighted by atomic mass is 32.1. The topological polar surface area (TPSA) is 82.5 Å². The standard InChI is InChI=1S/C13H21N3O3S/c1-9-14-10(8-20-9)7-16(4)12(19)15-13(2,3)6-5-11(17)18/h8H,5-7H2,1-4H3,(H,15,19)(H,17,18). The normalized spacial score (nSPS) is 11.2. The minimum absolute atomic E-state index is 0.0300. The summed E-state index contributed by atoms with van der Waals surface area (Å²) in [5.41, 5.74) is 0.301. The van der Waals surface area contributed by atoms with Gasteiger partial charge in [0.05, 0.1) is 17.2 Å². The van der Waals surface area contributed by atoms with Crippen molar-refractivity contribution in [2.45, 2.75) is 45.7 Å². The first-order valence-corrected chi connectivity index (χ1v) is 7.23. The maximum Gasteiger partial charge on any atom is 0.317 e. The molecule has 0 radical (unpaired) electrons. The highest BCUT2D eigenvalue weighted by Gasteiger charge is 2.23. The third-order valence-electron chi connectivity index (χ3n) is 2.82. The van der Waals surface area contributed by atoms with E-state index in [0.29, 0.717) is 13.0 Å². The largest absolute Gasteiger partial charge is 0.481 e. The zero-order chi connectivity index (χ0) is 15.3. The molecule has 0 spiro atoms. The van der Waals surface area contributed by atoms with E-state index in [1.165, 1.54) is 4.90 Å². The molecule has 1 rings (SSSR count). The van der Waals surface area contributed by atoms with Crippen LogP contribution in [-0.4, -0.2) is 39.6 Å². The van der Waals surface area contributed by atoms with Crippen molar-refractivity contribution in [3.05, 3.63) is 16.1 Å². The summed E-state index contributed by atoms with van der Waals surface area (Å²) in [4.78, 5) is 28.5. The number of urea groups is 1. The number of aryl methyl sites for hydroxylation is 1. The van der Waals surface area contributed by atoms with Crippen LogP contribution in [0.4, 0.5) is 4.79 Å². The maximum absolute atomic E-state index is 12.1. The van der Waals surface area contributed by atoms with Gasteiger partial charge < -0.3 is 15.3 Å². The second kappa shape index (κ2) is 6.69. The molecule has 0 fully saturated rings. The van der Waals surface area contributed by atoms with Crippen molar-refractivity contribution in [1.29, 1.82) is 0 Å². The number of rotatable bonds is 6. The Balaban J connectivity index is 2.50. The van der Waals surface area contributed by atoms with E-state index >= 15 is 0 Å². The molecule has 2 amide bonds. The fourth-order valence-corrected chi connectivity index (χ4v) is 2.27. The molecule has 0 aromatic carbocycles. The van der Waals surface area contributed by atoms with Crippen molar-refractivity contribution in [1.82, 2.24) is 15.2 Å². The molecule has 0 unspecified atom stereocenters. The second-order valence-electron chi connectivity index (χ2n) is 5.42. The molecule has 0 saturated carbocycles. The van der Waals surface area contributed by atoms with Gasteiger partial charge in [0, 0.05) is 24.4 Å². The van der Waals surface area contributed by atoms with Crippen LogP contribution in [-0.2, 0) is 11.3 Å². The van der Waals surface area contributed by atoms with E-state index in [1.54, 1.807) is 18.4 Å². The molecule has 20 heavy (non-hydrogen) atoms. The van der Waals surface area contributed by atoms with Gasteiger partial charge in [-0.2, -0.15) is 0 Å². The van der Waals surface area contributed by atoms with Gasteiger partial charge in [0.1, 0.15) is 0 Å². The number of carbonyl (C=O) groups excluding carboxylic acids is 1. The molecule has 1 aromatic rings. The molecule has 6 nitrogen and oxygen atoms in total. The molecular formula is C13H21N3O3S. The number of hydrogen-bond donors (Lipinski definition) is 2. The number of aliphatic carboxylic acids is 1. The first-order valence-electron chi connectivity index (χ1n) is 6.36. The molecule has 0 atom stereocenters. The van der Waals surface area contributed by atoms with Crippen LogP contribution >= 0.6 is 11.3 Å². The lowest BCUT2D eigenvalue weighted by molar-refractivity contribution is -0.137. The van der Waals surface area contributed by atoms with Crippen molar-refractivity contribution in [3.8, 4) is 0 Å². The Morgan fingerprint density at radius 2 is 2.15 bits per heavy atom. The summed E-state index contributed by atoms with van der Waals surface area (Å²) in [6, 6.07) is -0.231.